The van der Waals surface area contributed by atoms with Gasteiger partial charge in [-0.2, -0.15) is 0 Å². The summed E-state index contributed by atoms with van der Waals surface area (Å²) in [4.78, 5) is 35.7. The second-order valence-corrected chi connectivity index (χ2v) is 6.88. The first kappa shape index (κ1) is 18.0. The van der Waals surface area contributed by atoms with Crippen LogP contribution in [0.15, 0.2) is 46.4 Å². The van der Waals surface area contributed by atoms with Crippen LogP contribution in [0.1, 0.15) is 48.2 Å². The zero-order valence-corrected chi connectivity index (χ0v) is 14.9. The molecule has 1 spiro atoms. The van der Waals surface area contributed by atoms with Gasteiger partial charge in [-0.15, -0.1) is 0 Å². The van der Waals surface area contributed by atoms with Crippen LogP contribution in [0.2, 0.25) is 0 Å². The minimum absolute atomic E-state index is 0.0195. The molecule has 28 heavy (non-hydrogen) atoms. The van der Waals surface area contributed by atoms with Gasteiger partial charge in [0, 0.05) is 24.5 Å². The van der Waals surface area contributed by atoms with Gasteiger partial charge >= 0.3 is 11.9 Å². The maximum absolute atomic E-state index is 12.4. The molecule has 0 N–H and O–H groups in total. The van der Waals surface area contributed by atoms with E-state index in [9.17, 15) is 19.5 Å². The third-order valence-electron chi connectivity index (χ3n) is 4.91. The zero-order valence-electron chi connectivity index (χ0n) is 14.9. The number of esters is 2. The predicted octanol–water partition coefficient (Wildman–Crippen LogP) is 2.45. The minimum atomic E-state index is -1.29. The Labute approximate surface area is 160 Å². The van der Waals surface area contributed by atoms with Crippen LogP contribution in [0, 0.1) is 0 Å². The maximum Gasteiger partial charge on any atom is 0.349 e. The standard InChI is InChI=1S/C21H18O7/c22-18(23)14-6-4-5-13(11-14)17-8-7-15(26-17)12-16-19(24)27-21(28-20(16)25)9-2-1-3-10-21/h4-8,11-12H,1-3,9-10H2,(H,22,23)/p-1. The number of ether oxygens (including phenoxy) is 2. The molecule has 2 aromatic rings. The second kappa shape index (κ2) is 6.99. The molecule has 1 aromatic carbocycles. The van der Waals surface area contributed by atoms with Gasteiger partial charge in [0.2, 0.25) is 0 Å². The van der Waals surface area contributed by atoms with E-state index in [0.717, 1.165) is 19.3 Å². The highest BCUT2D eigenvalue weighted by atomic mass is 16.7. The Morgan fingerprint density at radius 1 is 1.00 bits per heavy atom. The summed E-state index contributed by atoms with van der Waals surface area (Å²) in [6.07, 6.45) is 4.99. The highest BCUT2D eigenvalue weighted by Crippen LogP contribution is 2.37. The molecule has 0 bridgehead atoms. The fourth-order valence-electron chi connectivity index (χ4n) is 3.49. The number of furan rings is 1. The summed E-state index contributed by atoms with van der Waals surface area (Å²) in [5.41, 5.74) is 0.313. The summed E-state index contributed by atoms with van der Waals surface area (Å²) in [5.74, 6) is -3.25. The van der Waals surface area contributed by atoms with E-state index < -0.39 is 23.7 Å². The van der Waals surface area contributed by atoms with Crippen molar-refractivity contribution in [3.8, 4) is 11.3 Å². The van der Waals surface area contributed by atoms with Crippen LogP contribution in [-0.4, -0.2) is 23.7 Å². The Hall–Kier alpha value is -3.35. The van der Waals surface area contributed by atoms with Crippen LogP contribution in [-0.2, 0) is 19.1 Å². The van der Waals surface area contributed by atoms with Crippen LogP contribution in [0.4, 0.5) is 0 Å². The van der Waals surface area contributed by atoms with Crippen LogP contribution in [0.3, 0.4) is 0 Å². The highest BCUT2D eigenvalue weighted by molar-refractivity contribution is 6.18. The number of carbonyl (C=O) groups excluding carboxylic acids is 3. The zero-order chi connectivity index (χ0) is 19.7. The van der Waals surface area contributed by atoms with E-state index in [0.29, 0.717) is 24.2 Å². The smallest absolute Gasteiger partial charge is 0.349 e. The largest absolute Gasteiger partial charge is 0.545 e. The Balaban J connectivity index is 1.57. The number of hydrogen-bond donors (Lipinski definition) is 0. The first-order valence-electron chi connectivity index (χ1n) is 9.06. The van der Waals surface area contributed by atoms with Crippen molar-refractivity contribution < 1.29 is 33.4 Å². The molecule has 1 saturated heterocycles. The van der Waals surface area contributed by atoms with E-state index in [1.54, 1.807) is 24.3 Å². The lowest BCUT2D eigenvalue weighted by molar-refractivity contribution is -0.255. The Morgan fingerprint density at radius 2 is 1.71 bits per heavy atom. The minimum Gasteiger partial charge on any atom is -0.545 e. The van der Waals surface area contributed by atoms with Gasteiger partial charge in [-0.3, -0.25) is 0 Å². The fraction of sp³-hybridized carbons (Fsp3) is 0.286. The molecule has 0 amide bonds. The second-order valence-electron chi connectivity index (χ2n) is 6.88. The van der Waals surface area contributed by atoms with Gasteiger partial charge in [-0.05, 0) is 36.6 Å². The molecule has 2 heterocycles. The maximum atomic E-state index is 12.4. The molecule has 144 valence electrons. The molecule has 0 radical (unpaired) electrons. The Morgan fingerprint density at radius 3 is 2.39 bits per heavy atom. The van der Waals surface area contributed by atoms with E-state index >= 15 is 0 Å². The number of carboxylic acid groups (broad SMARTS) is 1. The van der Waals surface area contributed by atoms with Gasteiger partial charge in [0.15, 0.2) is 0 Å². The van der Waals surface area contributed by atoms with Gasteiger partial charge in [-0.25, -0.2) is 9.59 Å². The van der Waals surface area contributed by atoms with Crippen molar-refractivity contribution in [3.05, 3.63) is 53.3 Å². The molecule has 1 aromatic heterocycles. The van der Waals surface area contributed by atoms with Gasteiger partial charge < -0.3 is 23.8 Å². The van der Waals surface area contributed by atoms with Gasteiger partial charge in [0.05, 0.1) is 5.97 Å². The quantitative estimate of drug-likeness (QED) is 0.457. The Kier molecular flexibility index (Phi) is 4.50. The first-order valence-corrected chi connectivity index (χ1v) is 9.06. The molecule has 0 unspecified atom stereocenters. The molecule has 1 aliphatic carbocycles. The van der Waals surface area contributed by atoms with Gasteiger partial charge in [0.1, 0.15) is 17.1 Å². The van der Waals surface area contributed by atoms with E-state index in [2.05, 4.69) is 0 Å². The molecule has 4 rings (SSSR count). The third-order valence-corrected chi connectivity index (χ3v) is 4.91. The number of carboxylic acids is 1. The SMILES string of the molecule is O=C1OC2(CCCCC2)OC(=O)C1=Cc1ccc(-c2cccc(C(=O)[O-])c2)o1. The fourth-order valence-corrected chi connectivity index (χ4v) is 3.49. The van der Waals surface area contributed by atoms with Crippen molar-refractivity contribution in [2.24, 2.45) is 0 Å². The average molecular weight is 381 g/mol. The van der Waals surface area contributed by atoms with E-state index in [1.807, 2.05) is 0 Å². The molecule has 2 aliphatic rings. The monoisotopic (exact) mass is 381 g/mol. The van der Waals surface area contributed by atoms with Crippen LogP contribution in [0.5, 0.6) is 0 Å². The first-order chi connectivity index (χ1) is 13.5. The summed E-state index contributed by atoms with van der Waals surface area (Å²) in [5, 5.41) is 11.0. The number of aromatic carboxylic acids is 1. The van der Waals surface area contributed by atoms with E-state index in [-0.39, 0.29) is 16.9 Å². The van der Waals surface area contributed by atoms with Crippen molar-refractivity contribution >= 4 is 24.0 Å². The van der Waals surface area contributed by atoms with Crippen LogP contribution >= 0.6 is 0 Å². The van der Waals surface area contributed by atoms with Gasteiger partial charge in [-0.1, -0.05) is 24.6 Å². The number of rotatable bonds is 3. The van der Waals surface area contributed by atoms with Crippen molar-refractivity contribution in [1.82, 2.24) is 0 Å². The van der Waals surface area contributed by atoms with Gasteiger partial charge in [0.25, 0.3) is 5.79 Å². The lowest BCUT2D eigenvalue weighted by Crippen LogP contribution is -2.47. The molecule has 7 heteroatoms. The molecular formula is C21H17O7-. The Bertz CT molecular complexity index is 954. The molecule has 0 atom stereocenters. The lowest BCUT2D eigenvalue weighted by Gasteiger charge is -2.38. The third kappa shape index (κ3) is 3.43. The molecule has 1 aliphatic heterocycles. The van der Waals surface area contributed by atoms with E-state index in [4.69, 9.17) is 13.9 Å². The summed E-state index contributed by atoms with van der Waals surface area (Å²) < 4.78 is 16.5. The summed E-state index contributed by atoms with van der Waals surface area (Å²) in [6.45, 7) is 0. The number of benzene rings is 1. The van der Waals surface area contributed by atoms with Crippen molar-refractivity contribution in [1.29, 1.82) is 0 Å². The normalized spacial score (nSPS) is 18.5. The lowest BCUT2D eigenvalue weighted by atomic mass is 9.93. The molecule has 1 saturated carbocycles. The molecule has 2 fully saturated rings. The topological polar surface area (TPSA) is 106 Å². The molecule has 7 nitrogen and oxygen atoms in total. The highest BCUT2D eigenvalue weighted by Gasteiger charge is 2.46. The van der Waals surface area contributed by atoms with Crippen molar-refractivity contribution in [2.75, 3.05) is 0 Å². The predicted molar refractivity (Wildman–Crippen MR) is 94.5 cm³/mol. The summed E-state index contributed by atoms with van der Waals surface area (Å²) in [6, 6.07) is 9.27. The number of carbonyl (C=O) groups is 3. The van der Waals surface area contributed by atoms with Crippen LogP contribution < -0.4 is 5.11 Å². The van der Waals surface area contributed by atoms with Crippen LogP contribution in [0.25, 0.3) is 17.4 Å². The summed E-state index contributed by atoms with van der Waals surface area (Å²) in [7, 11) is 0. The molecular weight excluding hydrogens is 364 g/mol. The van der Waals surface area contributed by atoms with Crippen molar-refractivity contribution in [2.45, 2.75) is 37.9 Å². The average Bonchev–Trinajstić information content (AvgIpc) is 3.14. The summed E-state index contributed by atoms with van der Waals surface area (Å²) >= 11 is 0. The van der Waals surface area contributed by atoms with Crippen molar-refractivity contribution in [3.63, 3.8) is 0 Å². The van der Waals surface area contributed by atoms with E-state index in [1.165, 1.54) is 18.2 Å². The number of hydrogen-bond acceptors (Lipinski definition) is 7.